The maximum atomic E-state index is 14.2. The maximum Gasteiger partial charge on any atom is 0.333 e. The smallest absolute Gasteiger partial charge is 0.333 e. The molecule has 0 atom stereocenters. The predicted octanol–water partition coefficient (Wildman–Crippen LogP) is 3.68. The number of hydrogen-bond donors (Lipinski definition) is 2. The summed E-state index contributed by atoms with van der Waals surface area (Å²) in [4.78, 5) is 30.1. The first-order valence-electron chi connectivity index (χ1n) is 13.5. The number of carbonyl (C=O) groups excluding carboxylic acids is 1. The second-order valence-electron chi connectivity index (χ2n) is 9.87. The van der Waals surface area contributed by atoms with Gasteiger partial charge in [-0.1, -0.05) is 60.1 Å². The first kappa shape index (κ1) is 28.8. The van der Waals surface area contributed by atoms with Crippen molar-refractivity contribution in [1.29, 1.82) is 0 Å². The Balaban J connectivity index is 1.55. The first-order chi connectivity index (χ1) is 19.8. The lowest BCUT2D eigenvalue weighted by Gasteiger charge is -2.28. The molecule has 1 aliphatic heterocycles. The van der Waals surface area contributed by atoms with Gasteiger partial charge in [0.05, 0.1) is 16.3 Å². The molecule has 11 heteroatoms. The average molecular weight is 594 g/mol. The number of piperazine rings is 1. The topological polar surface area (TPSA) is 105 Å². The van der Waals surface area contributed by atoms with E-state index in [-0.39, 0.29) is 29.6 Å². The van der Waals surface area contributed by atoms with E-state index in [0.717, 1.165) is 11.1 Å². The number of sulfonamides is 1. The highest BCUT2D eigenvalue weighted by Gasteiger charge is 2.31. The third-order valence-electron chi connectivity index (χ3n) is 7.12. The van der Waals surface area contributed by atoms with Gasteiger partial charge in [-0.2, -0.15) is 0 Å². The summed E-state index contributed by atoms with van der Waals surface area (Å²) in [6.07, 6.45) is 0.292. The summed E-state index contributed by atoms with van der Waals surface area (Å²) in [6, 6.07) is 22.9. The van der Waals surface area contributed by atoms with Crippen molar-refractivity contribution in [2.75, 3.05) is 32.7 Å². The minimum atomic E-state index is -3.76. The monoisotopic (exact) mass is 593 g/mol. The molecular weight excluding hydrogens is 562 g/mol. The molecule has 9 nitrogen and oxygen atoms in total. The van der Waals surface area contributed by atoms with Gasteiger partial charge in [-0.15, -0.1) is 0 Å². The lowest BCUT2D eigenvalue weighted by Crippen LogP contribution is -2.47. The Morgan fingerprint density at radius 3 is 2.29 bits per heavy atom. The number of halogens is 1. The van der Waals surface area contributed by atoms with E-state index in [9.17, 15) is 18.0 Å². The number of amides is 1. The maximum absolute atomic E-state index is 14.2. The van der Waals surface area contributed by atoms with Crippen molar-refractivity contribution < 1.29 is 13.2 Å². The Bertz CT molecular complexity index is 1690. The van der Waals surface area contributed by atoms with Crippen LogP contribution >= 0.6 is 11.6 Å². The fourth-order valence-corrected chi connectivity index (χ4v) is 6.23. The highest BCUT2D eigenvalue weighted by molar-refractivity contribution is 7.89. The van der Waals surface area contributed by atoms with Crippen LogP contribution in [0.2, 0.25) is 5.02 Å². The van der Waals surface area contributed by atoms with E-state index in [1.54, 1.807) is 9.47 Å². The van der Waals surface area contributed by atoms with Gasteiger partial charge in [0.2, 0.25) is 10.0 Å². The molecule has 4 aromatic rings. The van der Waals surface area contributed by atoms with E-state index in [0.29, 0.717) is 54.7 Å². The lowest BCUT2D eigenvalue weighted by atomic mass is 10.1. The summed E-state index contributed by atoms with van der Waals surface area (Å²) in [5.74, 6) is -0.225. The number of imidazole rings is 1. The van der Waals surface area contributed by atoms with E-state index in [1.807, 2.05) is 61.5 Å². The molecule has 0 bridgehead atoms. The van der Waals surface area contributed by atoms with Crippen molar-refractivity contribution in [1.82, 2.24) is 24.1 Å². The van der Waals surface area contributed by atoms with Crippen molar-refractivity contribution >= 4 is 27.5 Å². The molecule has 0 saturated carbocycles. The number of nitrogens with one attached hydrogen (secondary N) is 2. The van der Waals surface area contributed by atoms with Gasteiger partial charge in [0, 0.05) is 49.9 Å². The molecule has 0 spiro atoms. The van der Waals surface area contributed by atoms with Crippen molar-refractivity contribution in [3.63, 3.8) is 0 Å². The summed E-state index contributed by atoms with van der Waals surface area (Å²) in [7, 11) is -3.76. The Kier molecular flexibility index (Phi) is 8.74. The fraction of sp³-hybridized carbons (Fsp3) is 0.267. The third kappa shape index (κ3) is 6.15. The molecule has 1 aromatic heterocycles. The van der Waals surface area contributed by atoms with Crippen LogP contribution in [0.25, 0.3) is 16.9 Å². The summed E-state index contributed by atoms with van der Waals surface area (Å²) in [6.45, 7) is 4.54. The van der Waals surface area contributed by atoms with Gasteiger partial charge < -0.3 is 10.2 Å². The third-order valence-corrected chi connectivity index (χ3v) is 8.85. The molecular formula is C30H32ClN5O4S. The number of para-hydroxylation sites is 1. The molecule has 0 unspecified atom stereocenters. The summed E-state index contributed by atoms with van der Waals surface area (Å²) >= 11 is 5.90. The van der Waals surface area contributed by atoms with Crippen molar-refractivity contribution in [2.24, 2.45) is 0 Å². The molecule has 1 aliphatic rings. The minimum absolute atomic E-state index is 0.0783. The van der Waals surface area contributed by atoms with E-state index in [2.05, 4.69) is 10.0 Å². The first-order valence-corrected chi connectivity index (χ1v) is 15.4. The van der Waals surface area contributed by atoms with Crippen LogP contribution in [0.3, 0.4) is 0 Å². The van der Waals surface area contributed by atoms with E-state index >= 15 is 0 Å². The zero-order valence-electron chi connectivity index (χ0n) is 22.7. The van der Waals surface area contributed by atoms with Crippen LogP contribution in [-0.4, -0.2) is 61.1 Å². The molecule has 1 fully saturated rings. The fourth-order valence-electron chi connectivity index (χ4n) is 5.03. The normalized spacial score (nSPS) is 13.9. The van der Waals surface area contributed by atoms with Crippen LogP contribution in [0.5, 0.6) is 0 Å². The second kappa shape index (κ2) is 12.4. The van der Waals surface area contributed by atoms with Gasteiger partial charge in [0.25, 0.3) is 5.91 Å². The second-order valence-corrected chi connectivity index (χ2v) is 12.1. The van der Waals surface area contributed by atoms with Gasteiger partial charge >= 0.3 is 5.69 Å². The number of benzene rings is 3. The van der Waals surface area contributed by atoms with Gasteiger partial charge in [0.15, 0.2) is 0 Å². The van der Waals surface area contributed by atoms with Crippen LogP contribution in [-0.2, 0) is 16.6 Å². The molecule has 41 heavy (non-hydrogen) atoms. The molecule has 2 heterocycles. The van der Waals surface area contributed by atoms with Crippen LogP contribution in [0.4, 0.5) is 0 Å². The van der Waals surface area contributed by atoms with Gasteiger partial charge in [0.1, 0.15) is 5.69 Å². The van der Waals surface area contributed by atoms with Crippen molar-refractivity contribution in [3.05, 3.63) is 106 Å². The van der Waals surface area contributed by atoms with Crippen molar-refractivity contribution in [3.8, 4) is 16.9 Å². The largest absolute Gasteiger partial charge is 0.335 e. The number of rotatable bonds is 9. The summed E-state index contributed by atoms with van der Waals surface area (Å²) in [5.41, 5.74) is 2.79. The molecule has 0 aliphatic carbocycles. The lowest BCUT2D eigenvalue weighted by molar-refractivity contribution is 0.0725. The van der Waals surface area contributed by atoms with Crippen LogP contribution in [0.1, 0.15) is 22.5 Å². The molecule has 214 valence electrons. The molecule has 3 aromatic carbocycles. The Hall–Kier alpha value is -3.70. The van der Waals surface area contributed by atoms with Gasteiger partial charge in [-0.3, -0.25) is 13.9 Å². The summed E-state index contributed by atoms with van der Waals surface area (Å²) < 4.78 is 31.2. The quantitative estimate of drug-likeness (QED) is 0.288. The standard InChI is InChI=1S/C30H32ClN5O4S/c1-22-8-5-6-11-26(22)36-27(23-9-3-2-4-10-23)28(29(37)34-20-17-32-18-21-34)35(30(36)38)19-7-16-33-41(39,40)25-14-12-24(31)13-15-25/h2-6,8-15,32-33H,7,16-21H2,1H3. The molecule has 5 rings (SSSR count). The number of aryl methyl sites for hydroxylation is 1. The van der Waals surface area contributed by atoms with Crippen LogP contribution < -0.4 is 15.7 Å². The molecule has 2 N–H and O–H groups in total. The Morgan fingerprint density at radius 1 is 0.951 bits per heavy atom. The van der Waals surface area contributed by atoms with Crippen LogP contribution in [0, 0.1) is 6.92 Å². The minimum Gasteiger partial charge on any atom is -0.335 e. The molecule has 1 saturated heterocycles. The number of nitrogens with zero attached hydrogens (tertiary/aromatic N) is 3. The highest BCUT2D eigenvalue weighted by Crippen LogP contribution is 2.29. The zero-order valence-corrected chi connectivity index (χ0v) is 24.3. The van der Waals surface area contributed by atoms with Crippen molar-refractivity contribution in [2.45, 2.75) is 24.8 Å². The molecule has 1 amide bonds. The number of carbonyl (C=O) groups is 1. The molecule has 0 radical (unpaired) electrons. The zero-order chi connectivity index (χ0) is 29.0. The summed E-state index contributed by atoms with van der Waals surface area (Å²) in [5, 5.41) is 3.71. The van der Waals surface area contributed by atoms with Gasteiger partial charge in [-0.25, -0.2) is 17.9 Å². The van der Waals surface area contributed by atoms with E-state index in [4.69, 9.17) is 11.6 Å². The Labute approximate surface area is 244 Å². The van der Waals surface area contributed by atoms with E-state index in [1.165, 1.54) is 28.8 Å². The SMILES string of the molecule is Cc1ccccc1-n1c(-c2ccccc2)c(C(=O)N2CCNCC2)n(CCCNS(=O)(=O)c2ccc(Cl)cc2)c1=O. The average Bonchev–Trinajstić information content (AvgIpc) is 3.27. The number of hydrogen-bond acceptors (Lipinski definition) is 5. The van der Waals surface area contributed by atoms with Crippen LogP contribution in [0.15, 0.2) is 88.6 Å². The Morgan fingerprint density at radius 2 is 1.61 bits per heavy atom. The van der Waals surface area contributed by atoms with E-state index < -0.39 is 10.0 Å². The predicted molar refractivity (Wildman–Crippen MR) is 160 cm³/mol. The van der Waals surface area contributed by atoms with Gasteiger partial charge in [-0.05, 0) is 49.2 Å². The highest BCUT2D eigenvalue weighted by atomic mass is 35.5. The number of aromatic nitrogens is 2.